The molecule has 2 aliphatic carbocycles. The molecule has 0 atom stereocenters. The van der Waals surface area contributed by atoms with Gasteiger partial charge in [0.2, 0.25) is 5.91 Å². The van der Waals surface area contributed by atoms with Crippen LogP contribution in [0.2, 0.25) is 0 Å². The number of nitrogens with one attached hydrogen (secondary N) is 1. The van der Waals surface area contributed by atoms with Crippen molar-refractivity contribution >= 4 is 5.91 Å². The third-order valence-corrected chi connectivity index (χ3v) is 4.06. The van der Waals surface area contributed by atoms with E-state index >= 15 is 0 Å². The lowest BCUT2D eigenvalue weighted by Crippen LogP contribution is -2.56. The van der Waals surface area contributed by atoms with Crippen LogP contribution in [0.1, 0.15) is 58.3 Å². The van der Waals surface area contributed by atoms with Gasteiger partial charge in [0.25, 0.3) is 0 Å². The Labute approximate surface area is 86.5 Å². The highest BCUT2D eigenvalue weighted by molar-refractivity contribution is 5.73. The molecule has 0 aromatic rings. The molecule has 80 valence electrons. The average Bonchev–Trinajstić information content (AvgIpc) is 2.16. The van der Waals surface area contributed by atoms with Crippen molar-refractivity contribution in [3.8, 4) is 0 Å². The van der Waals surface area contributed by atoms with Crippen molar-refractivity contribution in [1.82, 2.24) is 5.32 Å². The maximum atomic E-state index is 11.3. The molecule has 0 heterocycles. The van der Waals surface area contributed by atoms with E-state index in [1.807, 2.05) is 0 Å². The van der Waals surface area contributed by atoms with Crippen LogP contribution in [0.25, 0.3) is 0 Å². The van der Waals surface area contributed by atoms with Gasteiger partial charge in [0.05, 0.1) is 0 Å². The van der Waals surface area contributed by atoms with Crippen LogP contribution >= 0.6 is 0 Å². The summed E-state index contributed by atoms with van der Waals surface area (Å²) < 4.78 is 0. The minimum atomic E-state index is 0.166. The summed E-state index contributed by atoms with van der Waals surface area (Å²) in [5, 5.41) is 3.26. The van der Waals surface area contributed by atoms with Gasteiger partial charge < -0.3 is 5.32 Å². The summed E-state index contributed by atoms with van der Waals surface area (Å²) in [5.41, 5.74) is 0.197. The lowest BCUT2D eigenvalue weighted by Gasteiger charge is -2.48. The SMILES string of the molecule is CC(=O)NC12CCCCC1CCCC2. The monoisotopic (exact) mass is 195 g/mol. The molecule has 2 rings (SSSR count). The molecular formula is C12H21NO. The van der Waals surface area contributed by atoms with Gasteiger partial charge in [-0.3, -0.25) is 4.79 Å². The number of rotatable bonds is 1. The van der Waals surface area contributed by atoms with E-state index in [1.54, 1.807) is 6.92 Å². The van der Waals surface area contributed by atoms with E-state index in [2.05, 4.69) is 5.32 Å². The third-order valence-electron chi connectivity index (χ3n) is 4.06. The lowest BCUT2D eigenvalue weighted by atomic mass is 9.65. The van der Waals surface area contributed by atoms with Gasteiger partial charge in [-0.15, -0.1) is 0 Å². The van der Waals surface area contributed by atoms with E-state index in [0.717, 1.165) is 5.92 Å². The van der Waals surface area contributed by atoms with Crippen LogP contribution in [0, 0.1) is 5.92 Å². The van der Waals surface area contributed by atoms with Gasteiger partial charge in [-0.05, 0) is 31.6 Å². The number of carbonyl (C=O) groups is 1. The highest BCUT2D eigenvalue weighted by Gasteiger charge is 2.42. The predicted molar refractivity (Wildman–Crippen MR) is 57.0 cm³/mol. The minimum absolute atomic E-state index is 0.166. The van der Waals surface area contributed by atoms with E-state index in [-0.39, 0.29) is 11.4 Å². The Bertz CT molecular complexity index is 212. The molecule has 0 aliphatic heterocycles. The summed E-state index contributed by atoms with van der Waals surface area (Å²) in [7, 11) is 0. The molecule has 2 fully saturated rings. The molecule has 0 aromatic carbocycles. The quantitative estimate of drug-likeness (QED) is 0.684. The number of carbonyl (C=O) groups excluding carboxylic acids is 1. The highest BCUT2D eigenvalue weighted by Crippen LogP contribution is 2.43. The molecule has 0 saturated heterocycles. The van der Waals surface area contributed by atoms with Gasteiger partial charge in [-0.1, -0.05) is 25.7 Å². The van der Waals surface area contributed by atoms with Crippen molar-refractivity contribution < 1.29 is 4.79 Å². The van der Waals surface area contributed by atoms with Crippen molar-refractivity contribution in [3.63, 3.8) is 0 Å². The fourth-order valence-corrected chi connectivity index (χ4v) is 3.47. The summed E-state index contributed by atoms with van der Waals surface area (Å²) in [6.45, 7) is 1.66. The Kier molecular flexibility index (Phi) is 2.80. The fourth-order valence-electron chi connectivity index (χ4n) is 3.47. The lowest BCUT2D eigenvalue weighted by molar-refractivity contribution is -0.122. The molecule has 14 heavy (non-hydrogen) atoms. The highest BCUT2D eigenvalue weighted by atomic mass is 16.1. The number of hydrogen-bond acceptors (Lipinski definition) is 1. The second kappa shape index (κ2) is 3.92. The molecule has 0 radical (unpaired) electrons. The van der Waals surface area contributed by atoms with Crippen molar-refractivity contribution in [2.24, 2.45) is 5.92 Å². The van der Waals surface area contributed by atoms with Crippen molar-refractivity contribution in [2.45, 2.75) is 63.8 Å². The first-order valence-corrected chi connectivity index (χ1v) is 6.02. The summed E-state index contributed by atoms with van der Waals surface area (Å²) >= 11 is 0. The topological polar surface area (TPSA) is 29.1 Å². The van der Waals surface area contributed by atoms with Crippen LogP contribution in [-0.4, -0.2) is 11.4 Å². The smallest absolute Gasteiger partial charge is 0.217 e. The number of hydrogen-bond donors (Lipinski definition) is 1. The van der Waals surface area contributed by atoms with Gasteiger partial charge in [-0.2, -0.15) is 0 Å². The normalized spacial score (nSPS) is 37.4. The van der Waals surface area contributed by atoms with Gasteiger partial charge in [0.1, 0.15) is 0 Å². The molecule has 2 heteroatoms. The molecule has 2 saturated carbocycles. The van der Waals surface area contributed by atoms with Crippen LogP contribution in [0.5, 0.6) is 0 Å². The molecule has 1 N–H and O–H groups in total. The largest absolute Gasteiger partial charge is 0.351 e. The first-order valence-electron chi connectivity index (χ1n) is 6.02. The first-order chi connectivity index (χ1) is 6.73. The second-order valence-electron chi connectivity index (χ2n) is 5.03. The van der Waals surface area contributed by atoms with E-state index in [1.165, 1.54) is 51.4 Å². The zero-order chi connectivity index (χ0) is 10.0. The molecule has 2 aliphatic rings. The maximum Gasteiger partial charge on any atom is 0.217 e. The summed E-state index contributed by atoms with van der Waals surface area (Å²) in [6.07, 6.45) is 10.4. The molecule has 0 spiro atoms. The zero-order valence-corrected chi connectivity index (χ0v) is 9.14. The van der Waals surface area contributed by atoms with Crippen LogP contribution in [0.15, 0.2) is 0 Å². The maximum absolute atomic E-state index is 11.3. The molecule has 0 bridgehead atoms. The minimum Gasteiger partial charge on any atom is -0.351 e. The molecule has 0 aromatic heterocycles. The van der Waals surface area contributed by atoms with Crippen LogP contribution in [0.4, 0.5) is 0 Å². The zero-order valence-electron chi connectivity index (χ0n) is 9.14. The van der Waals surface area contributed by atoms with E-state index in [9.17, 15) is 4.79 Å². The summed E-state index contributed by atoms with van der Waals surface area (Å²) in [6, 6.07) is 0. The van der Waals surface area contributed by atoms with Crippen LogP contribution < -0.4 is 5.32 Å². The Morgan fingerprint density at radius 1 is 1.14 bits per heavy atom. The van der Waals surface area contributed by atoms with Gasteiger partial charge in [0.15, 0.2) is 0 Å². The second-order valence-corrected chi connectivity index (χ2v) is 5.03. The fraction of sp³-hybridized carbons (Fsp3) is 0.917. The molecule has 1 amide bonds. The summed E-state index contributed by atoms with van der Waals surface area (Å²) in [5.74, 6) is 0.938. The molecule has 0 unspecified atom stereocenters. The van der Waals surface area contributed by atoms with Gasteiger partial charge >= 0.3 is 0 Å². The van der Waals surface area contributed by atoms with Gasteiger partial charge in [0, 0.05) is 12.5 Å². The first kappa shape index (κ1) is 10.0. The van der Waals surface area contributed by atoms with E-state index in [4.69, 9.17) is 0 Å². The van der Waals surface area contributed by atoms with Crippen LogP contribution in [-0.2, 0) is 4.79 Å². The Balaban J connectivity index is 2.11. The number of amides is 1. The average molecular weight is 195 g/mol. The van der Waals surface area contributed by atoms with Crippen molar-refractivity contribution in [2.75, 3.05) is 0 Å². The van der Waals surface area contributed by atoms with E-state index < -0.39 is 0 Å². The Morgan fingerprint density at radius 2 is 1.71 bits per heavy atom. The van der Waals surface area contributed by atoms with E-state index in [0.29, 0.717) is 0 Å². The molecular weight excluding hydrogens is 174 g/mol. The van der Waals surface area contributed by atoms with Crippen molar-refractivity contribution in [1.29, 1.82) is 0 Å². The standard InChI is InChI=1S/C12H21NO/c1-10(14)13-12-8-4-2-6-11(12)7-3-5-9-12/h11H,2-9H2,1H3,(H,13,14). The summed E-state index contributed by atoms with van der Waals surface area (Å²) in [4.78, 5) is 11.3. The van der Waals surface area contributed by atoms with Gasteiger partial charge in [-0.25, -0.2) is 0 Å². The number of fused-ring (bicyclic) bond motifs is 1. The third kappa shape index (κ3) is 1.79. The van der Waals surface area contributed by atoms with Crippen molar-refractivity contribution in [3.05, 3.63) is 0 Å². The molecule has 2 nitrogen and oxygen atoms in total. The Hall–Kier alpha value is -0.530. The Morgan fingerprint density at radius 3 is 2.21 bits per heavy atom. The van der Waals surface area contributed by atoms with Crippen LogP contribution in [0.3, 0.4) is 0 Å². The predicted octanol–water partition coefficient (Wildman–Crippen LogP) is 2.63.